The van der Waals surface area contributed by atoms with E-state index in [0.29, 0.717) is 23.8 Å². The molecule has 0 fully saturated rings. The Morgan fingerprint density at radius 1 is 1.03 bits per heavy atom. The van der Waals surface area contributed by atoms with Gasteiger partial charge in [0.1, 0.15) is 13.2 Å². The molecular weight excluding hydrogens is 412 g/mol. The molecule has 1 aliphatic heterocycles. The van der Waals surface area contributed by atoms with Crippen molar-refractivity contribution >= 4 is 28.8 Å². The molecule has 1 aliphatic rings. The molecule has 0 aliphatic carbocycles. The van der Waals surface area contributed by atoms with Crippen molar-refractivity contribution in [3.63, 3.8) is 0 Å². The number of nitrogens with one attached hydrogen (secondary N) is 1. The molecule has 0 unspecified atom stereocenters. The van der Waals surface area contributed by atoms with Gasteiger partial charge < -0.3 is 19.7 Å². The van der Waals surface area contributed by atoms with Crippen LogP contribution in [0.2, 0.25) is 0 Å². The van der Waals surface area contributed by atoms with E-state index in [9.17, 15) is 9.59 Å². The summed E-state index contributed by atoms with van der Waals surface area (Å²) in [4.78, 5) is 28.3. The van der Waals surface area contributed by atoms with Gasteiger partial charge in [0.15, 0.2) is 11.5 Å². The number of anilines is 1. The molecule has 1 N–H and O–H groups in total. The van der Waals surface area contributed by atoms with Gasteiger partial charge in [-0.25, -0.2) is 0 Å². The maximum atomic E-state index is 12.8. The average Bonchev–Trinajstić information content (AvgIpc) is 3.26. The zero-order chi connectivity index (χ0) is 22.0. The number of carbonyl (C=O) groups excluding carboxylic acids is 2. The minimum absolute atomic E-state index is 0.0243. The van der Waals surface area contributed by atoms with Gasteiger partial charge in [0, 0.05) is 17.6 Å². The van der Waals surface area contributed by atoms with Gasteiger partial charge in [-0.2, -0.15) is 0 Å². The molecule has 7 heteroatoms. The molecule has 3 aromatic rings. The monoisotopic (exact) mass is 436 g/mol. The highest BCUT2D eigenvalue weighted by Gasteiger charge is 2.19. The van der Waals surface area contributed by atoms with E-state index in [1.807, 2.05) is 56.3 Å². The van der Waals surface area contributed by atoms with Crippen LogP contribution in [-0.2, 0) is 4.79 Å². The van der Waals surface area contributed by atoms with Gasteiger partial charge in [-0.05, 0) is 66.9 Å². The predicted molar refractivity (Wildman–Crippen MR) is 122 cm³/mol. The van der Waals surface area contributed by atoms with Crippen LogP contribution in [0.5, 0.6) is 11.5 Å². The first-order chi connectivity index (χ1) is 14.9. The van der Waals surface area contributed by atoms with Crippen LogP contribution in [0, 0.1) is 13.8 Å². The van der Waals surface area contributed by atoms with E-state index in [4.69, 9.17) is 9.47 Å². The van der Waals surface area contributed by atoms with E-state index in [1.54, 1.807) is 13.1 Å². The molecule has 2 aromatic carbocycles. The quantitative estimate of drug-likeness (QED) is 0.639. The first-order valence-electron chi connectivity index (χ1n) is 10.0. The van der Waals surface area contributed by atoms with E-state index in [-0.39, 0.29) is 18.4 Å². The lowest BCUT2D eigenvalue weighted by molar-refractivity contribution is -0.116. The third kappa shape index (κ3) is 4.56. The van der Waals surface area contributed by atoms with Crippen LogP contribution >= 0.6 is 11.3 Å². The van der Waals surface area contributed by atoms with Gasteiger partial charge >= 0.3 is 0 Å². The number of hydrogen-bond acceptors (Lipinski definition) is 5. The predicted octanol–water partition coefficient (Wildman–Crippen LogP) is 4.51. The number of amides is 2. The number of nitrogens with zero attached hydrogens (tertiary/aromatic N) is 1. The Morgan fingerprint density at radius 2 is 1.81 bits per heavy atom. The fourth-order valence-corrected chi connectivity index (χ4v) is 4.35. The van der Waals surface area contributed by atoms with Crippen molar-refractivity contribution < 1.29 is 19.1 Å². The van der Waals surface area contributed by atoms with E-state index >= 15 is 0 Å². The van der Waals surface area contributed by atoms with Crippen LogP contribution in [0.1, 0.15) is 20.8 Å². The fraction of sp³-hybridized carbons (Fsp3) is 0.250. The highest BCUT2D eigenvalue weighted by molar-refractivity contribution is 7.17. The maximum absolute atomic E-state index is 12.8. The zero-order valence-corrected chi connectivity index (χ0v) is 18.5. The SMILES string of the molecule is Cc1cccc(NC(=O)CN(C)C(=O)c2ccc(-c3ccc4c(c3)OCCO4)s2)c1C. The second kappa shape index (κ2) is 8.81. The number of aryl methyl sites for hydroxylation is 1. The summed E-state index contributed by atoms with van der Waals surface area (Å²) in [6, 6.07) is 15.2. The molecule has 0 saturated carbocycles. The van der Waals surface area contributed by atoms with E-state index in [2.05, 4.69) is 5.32 Å². The second-order valence-corrected chi connectivity index (χ2v) is 8.56. The highest BCUT2D eigenvalue weighted by atomic mass is 32.1. The summed E-state index contributed by atoms with van der Waals surface area (Å²) < 4.78 is 11.2. The Hall–Kier alpha value is -3.32. The largest absolute Gasteiger partial charge is 0.486 e. The van der Waals surface area contributed by atoms with Gasteiger partial charge in [0.2, 0.25) is 5.91 Å². The van der Waals surface area contributed by atoms with Gasteiger partial charge in [-0.1, -0.05) is 12.1 Å². The molecule has 0 radical (unpaired) electrons. The van der Waals surface area contributed by atoms with Crippen LogP contribution in [0.4, 0.5) is 5.69 Å². The molecule has 1 aromatic heterocycles. The Bertz CT molecular complexity index is 1140. The summed E-state index contributed by atoms with van der Waals surface area (Å²) in [6.07, 6.45) is 0. The van der Waals surface area contributed by atoms with Crippen molar-refractivity contribution in [1.82, 2.24) is 4.90 Å². The third-order valence-corrected chi connectivity index (χ3v) is 6.37. The van der Waals surface area contributed by atoms with Crippen LogP contribution < -0.4 is 14.8 Å². The normalized spacial score (nSPS) is 12.4. The lowest BCUT2D eigenvalue weighted by atomic mass is 10.1. The number of benzene rings is 2. The molecular formula is C24H24N2O4S. The van der Waals surface area contributed by atoms with Crippen LogP contribution in [0.15, 0.2) is 48.5 Å². The van der Waals surface area contributed by atoms with Crippen molar-refractivity contribution in [3.8, 4) is 21.9 Å². The highest BCUT2D eigenvalue weighted by Crippen LogP contribution is 2.37. The molecule has 0 bridgehead atoms. The van der Waals surface area contributed by atoms with Crippen molar-refractivity contribution in [3.05, 3.63) is 64.5 Å². The van der Waals surface area contributed by atoms with E-state index in [0.717, 1.165) is 33.0 Å². The number of carbonyl (C=O) groups is 2. The molecule has 0 spiro atoms. The Morgan fingerprint density at radius 3 is 2.61 bits per heavy atom. The van der Waals surface area contributed by atoms with Crippen molar-refractivity contribution in [1.29, 1.82) is 0 Å². The summed E-state index contributed by atoms with van der Waals surface area (Å²) >= 11 is 1.39. The molecule has 2 amide bonds. The molecule has 0 saturated heterocycles. The topological polar surface area (TPSA) is 67.9 Å². The van der Waals surface area contributed by atoms with Gasteiger partial charge in [-0.15, -0.1) is 11.3 Å². The van der Waals surface area contributed by atoms with Crippen LogP contribution in [0.25, 0.3) is 10.4 Å². The number of fused-ring (bicyclic) bond motifs is 1. The van der Waals surface area contributed by atoms with E-state index in [1.165, 1.54) is 16.2 Å². The first-order valence-corrected chi connectivity index (χ1v) is 10.9. The second-order valence-electron chi connectivity index (χ2n) is 7.48. The molecule has 31 heavy (non-hydrogen) atoms. The number of hydrogen-bond donors (Lipinski definition) is 1. The summed E-state index contributed by atoms with van der Waals surface area (Å²) in [5, 5.41) is 2.89. The Labute approximate surface area is 185 Å². The third-order valence-electron chi connectivity index (χ3n) is 5.25. The number of thiophene rings is 1. The maximum Gasteiger partial charge on any atom is 0.264 e. The van der Waals surface area contributed by atoms with Crippen molar-refractivity contribution in [2.45, 2.75) is 13.8 Å². The van der Waals surface area contributed by atoms with Crippen LogP contribution in [0.3, 0.4) is 0 Å². The molecule has 160 valence electrons. The summed E-state index contributed by atoms with van der Waals surface area (Å²) in [5.41, 5.74) is 3.85. The van der Waals surface area contributed by atoms with Gasteiger partial charge in [0.05, 0.1) is 11.4 Å². The van der Waals surface area contributed by atoms with E-state index < -0.39 is 0 Å². The Kier molecular flexibility index (Phi) is 5.95. The van der Waals surface area contributed by atoms with Gasteiger partial charge in [0.25, 0.3) is 5.91 Å². The Balaban J connectivity index is 1.42. The van der Waals surface area contributed by atoms with Crippen molar-refractivity contribution in [2.75, 3.05) is 32.1 Å². The number of likely N-dealkylation sites (N-methyl/N-ethyl adjacent to an activating group) is 1. The number of rotatable bonds is 5. The smallest absolute Gasteiger partial charge is 0.264 e. The summed E-state index contributed by atoms with van der Waals surface area (Å²) in [6.45, 7) is 5.01. The van der Waals surface area contributed by atoms with Gasteiger partial charge in [-0.3, -0.25) is 9.59 Å². The van der Waals surface area contributed by atoms with Crippen molar-refractivity contribution in [2.24, 2.45) is 0 Å². The lowest BCUT2D eigenvalue weighted by Crippen LogP contribution is -2.34. The molecule has 6 nitrogen and oxygen atoms in total. The average molecular weight is 437 g/mol. The molecule has 0 atom stereocenters. The molecule has 4 rings (SSSR count). The van der Waals surface area contributed by atoms with Crippen LogP contribution in [-0.4, -0.2) is 43.5 Å². The zero-order valence-electron chi connectivity index (χ0n) is 17.7. The first kappa shape index (κ1) is 20.9. The minimum Gasteiger partial charge on any atom is -0.486 e. The molecule has 2 heterocycles. The lowest BCUT2D eigenvalue weighted by Gasteiger charge is -2.18. The summed E-state index contributed by atoms with van der Waals surface area (Å²) in [7, 11) is 1.63. The summed E-state index contributed by atoms with van der Waals surface area (Å²) in [5.74, 6) is 1.03. The fourth-order valence-electron chi connectivity index (χ4n) is 3.36. The minimum atomic E-state index is -0.229. The number of ether oxygens (including phenoxy) is 2. The standard InChI is InChI=1S/C24H24N2O4S/c1-15-5-4-6-18(16(15)2)25-23(27)14-26(3)24(28)22-10-9-21(31-22)17-7-8-19-20(13-17)30-12-11-29-19/h4-10,13H,11-12,14H2,1-3H3,(H,25,27).